The Balaban J connectivity index is 1.20. The van der Waals surface area contributed by atoms with Crippen LogP contribution in [-0.2, 0) is 30.8 Å². The van der Waals surface area contributed by atoms with Gasteiger partial charge in [-0.25, -0.2) is 9.67 Å². The van der Waals surface area contributed by atoms with Crippen LogP contribution in [0, 0.1) is 11.8 Å². The number of ether oxygens (including phenoxy) is 1. The summed E-state index contributed by atoms with van der Waals surface area (Å²) in [5.74, 6) is 0.828. The van der Waals surface area contributed by atoms with Crippen LogP contribution < -0.4 is 10.1 Å². The first-order valence-corrected chi connectivity index (χ1v) is 12.4. The summed E-state index contributed by atoms with van der Waals surface area (Å²) >= 11 is 6.67. The number of hydrogen-bond acceptors (Lipinski definition) is 7. The summed E-state index contributed by atoms with van der Waals surface area (Å²) in [5, 5.41) is 7.67. The second kappa shape index (κ2) is 9.90. The topological polar surface area (TPSA) is 82.2 Å². The Morgan fingerprint density at radius 3 is 2.79 bits per heavy atom. The Kier molecular flexibility index (Phi) is 6.55. The van der Waals surface area contributed by atoms with Crippen LogP contribution in [0.15, 0.2) is 52.9 Å². The summed E-state index contributed by atoms with van der Waals surface area (Å²) in [6.45, 7) is 2.06. The zero-order valence-corrected chi connectivity index (χ0v) is 20.4. The molecular formula is C25H24N4O3S2. The molecule has 0 fully saturated rings. The van der Waals surface area contributed by atoms with E-state index in [2.05, 4.69) is 27.5 Å². The number of aromatic nitrogens is 3. The highest BCUT2D eigenvalue weighted by Gasteiger charge is 2.15. The fraction of sp³-hybridized carbons (Fsp3) is 0.280. The molecule has 0 bridgehead atoms. The molecule has 34 heavy (non-hydrogen) atoms. The Bertz CT molecular complexity index is 1370. The molecule has 1 aliphatic carbocycles. The molecule has 0 radical (unpaired) electrons. The monoisotopic (exact) mass is 492 g/mol. The first-order chi connectivity index (χ1) is 16.5. The van der Waals surface area contributed by atoms with Crippen molar-refractivity contribution in [3.05, 3.63) is 75.3 Å². The maximum absolute atomic E-state index is 12.6. The number of carbonyl (C=O) groups excluding carboxylic acids is 1. The van der Waals surface area contributed by atoms with Crippen molar-refractivity contribution < 1.29 is 13.9 Å². The fourth-order valence-corrected chi connectivity index (χ4v) is 5.11. The molecule has 174 valence electrons. The third kappa shape index (κ3) is 5.10. The van der Waals surface area contributed by atoms with Crippen molar-refractivity contribution in [3.63, 3.8) is 0 Å². The van der Waals surface area contributed by atoms with Crippen molar-refractivity contribution in [2.75, 3.05) is 5.32 Å². The highest BCUT2D eigenvalue weighted by atomic mass is 32.1. The third-order valence-corrected chi connectivity index (χ3v) is 6.89. The summed E-state index contributed by atoms with van der Waals surface area (Å²) in [4.78, 5) is 18.3. The summed E-state index contributed by atoms with van der Waals surface area (Å²) in [6.07, 6.45) is 4.67. The number of thiazole rings is 1. The average molecular weight is 493 g/mol. The van der Waals surface area contributed by atoms with Gasteiger partial charge in [0.15, 0.2) is 11.7 Å². The van der Waals surface area contributed by atoms with Gasteiger partial charge in [0.25, 0.3) is 10.7 Å². The quantitative estimate of drug-likeness (QED) is 0.332. The fourth-order valence-electron chi connectivity index (χ4n) is 4.06. The van der Waals surface area contributed by atoms with Crippen LogP contribution in [0.25, 0.3) is 11.3 Å². The number of benzene rings is 2. The largest absolute Gasteiger partial charge is 0.484 e. The number of nitrogens with one attached hydrogen (secondary N) is 1. The van der Waals surface area contributed by atoms with Gasteiger partial charge in [0.2, 0.25) is 5.91 Å². The van der Waals surface area contributed by atoms with Crippen molar-refractivity contribution in [1.82, 2.24) is 14.8 Å². The summed E-state index contributed by atoms with van der Waals surface area (Å²) in [5.41, 5.74) is 4.62. The van der Waals surface area contributed by atoms with Crippen LogP contribution in [0.5, 0.6) is 5.75 Å². The van der Waals surface area contributed by atoms with Crippen LogP contribution in [0.2, 0.25) is 0 Å². The molecule has 1 amide bonds. The number of hydrogen-bond donors (Lipinski definition) is 1. The number of carbonyl (C=O) groups is 1. The van der Waals surface area contributed by atoms with Gasteiger partial charge in [-0.05, 0) is 68.1 Å². The molecule has 4 aromatic rings. The van der Waals surface area contributed by atoms with E-state index in [0.717, 1.165) is 34.7 Å². The van der Waals surface area contributed by atoms with Crippen LogP contribution in [0.1, 0.15) is 34.7 Å². The summed E-state index contributed by atoms with van der Waals surface area (Å²) in [7, 11) is 0. The Morgan fingerprint density at radius 2 is 1.97 bits per heavy atom. The second-order valence-electron chi connectivity index (χ2n) is 8.18. The SMILES string of the molecule is Cc1sc(NC(=O)Cn2nc(COc3ccc4c(c3)CCCC4)oc2=S)nc1-c1ccccc1. The Hall–Kier alpha value is -3.30. The van der Waals surface area contributed by atoms with Crippen molar-refractivity contribution in [3.8, 4) is 17.0 Å². The van der Waals surface area contributed by atoms with Gasteiger partial charge in [0.05, 0.1) is 5.69 Å². The van der Waals surface area contributed by atoms with Gasteiger partial charge >= 0.3 is 0 Å². The molecule has 0 saturated carbocycles. The van der Waals surface area contributed by atoms with E-state index in [1.54, 1.807) is 0 Å². The molecule has 0 atom stereocenters. The van der Waals surface area contributed by atoms with Gasteiger partial charge in [-0.3, -0.25) is 4.79 Å². The zero-order valence-electron chi connectivity index (χ0n) is 18.7. The number of amides is 1. The molecule has 2 aromatic heterocycles. The highest BCUT2D eigenvalue weighted by molar-refractivity contribution is 7.71. The molecule has 0 saturated heterocycles. The number of anilines is 1. The number of fused-ring (bicyclic) bond motifs is 1. The van der Waals surface area contributed by atoms with E-state index in [1.165, 1.54) is 40.0 Å². The van der Waals surface area contributed by atoms with E-state index in [9.17, 15) is 4.79 Å². The predicted octanol–water partition coefficient (Wildman–Crippen LogP) is 5.73. The van der Waals surface area contributed by atoms with Crippen LogP contribution in [-0.4, -0.2) is 20.7 Å². The van der Waals surface area contributed by atoms with Gasteiger partial charge in [-0.15, -0.1) is 16.4 Å². The van der Waals surface area contributed by atoms with Crippen LogP contribution >= 0.6 is 23.6 Å². The lowest BCUT2D eigenvalue weighted by Gasteiger charge is -2.16. The molecule has 1 aliphatic rings. The van der Waals surface area contributed by atoms with E-state index in [1.807, 2.05) is 43.3 Å². The van der Waals surface area contributed by atoms with Crippen LogP contribution in [0.3, 0.4) is 0 Å². The standard InChI is InChI=1S/C25H24N4O3S2/c1-16-23(18-8-3-2-4-9-18)27-24(34-16)26-21(30)14-29-25(33)32-22(28-29)15-31-20-12-11-17-7-5-6-10-19(17)13-20/h2-4,8-9,11-13H,5-7,10,14-15H2,1H3,(H,26,27,30). The van der Waals surface area contributed by atoms with E-state index < -0.39 is 0 Å². The molecular weight excluding hydrogens is 468 g/mol. The molecule has 0 spiro atoms. The highest BCUT2D eigenvalue weighted by Crippen LogP contribution is 2.30. The minimum Gasteiger partial charge on any atom is -0.484 e. The predicted molar refractivity (Wildman–Crippen MR) is 134 cm³/mol. The van der Waals surface area contributed by atoms with E-state index >= 15 is 0 Å². The van der Waals surface area contributed by atoms with Gasteiger partial charge in [0.1, 0.15) is 12.3 Å². The lowest BCUT2D eigenvalue weighted by molar-refractivity contribution is -0.117. The number of aryl methyl sites for hydroxylation is 3. The molecule has 0 unspecified atom stereocenters. The van der Waals surface area contributed by atoms with Crippen molar-refractivity contribution in [1.29, 1.82) is 0 Å². The van der Waals surface area contributed by atoms with Gasteiger partial charge < -0.3 is 14.5 Å². The van der Waals surface area contributed by atoms with Gasteiger partial charge in [-0.2, -0.15) is 0 Å². The Morgan fingerprint density at radius 1 is 1.18 bits per heavy atom. The minimum absolute atomic E-state index is 0.0690. The van der Waals surface area contributed by atoms with E-state index in [4.69, 9.17) is 21.4 Å². The number of rotatable bonds is 7. The molecule has 0 aliphatic heterocycles. The number of nitrogens with zero attached hydrogens (tertiary/aromatic N) is 3. The van der Waals surface area contributed by atoms with Gasteiger partial charge in [0, 0.05) is 10.4 Å². The first-order valence-electron chi connectivity index (χ1n) is 11.2. The van der Waals surface area contributed by atoms with E-state index in [0.29, 0.717) is 11.0 Å². The second-order valence-corrected chi connectivity index (χ2v) is 9.74. The smallest absolute Gasteiger partial charge is 0.287 e. The van der Waals surface area contributed by atoms with Crippen molar-refractivity contribution in [2.45, 2.75) is 45.8 Å². The molecule has 5 rings (SSSR count). The maximum atomic E-state index is 12.6. The molecule has 2 heterocycles. The first kappa shape index (κ1) is 22.5. The average Bonchev–Trinajstić information content (AvgIpc) is 3.39. The Labute approximate surface area is 206 Å². The molecule has 7 nitrogen and oxygen atoms in total. The zero-order chi connectivity index (χ0) is 23.5. The maximum Gasteiger partial charge on any atom is 0.287 e. The molecule has 2 aromatic carbocycles. The van der Waals surface area contributed by atoms with Crippen molar-refractivity contribution in [2.24, 2.45) is 0 Å². The lowest BCUT2D eigenvalue weighted by atomic mass is 9.92. The third-order valence-electron chi connectivity index (χ3n) is 5.71. The van der Waals surface area contributed by atoms with Gasteiger partial charge in [-0.1, -0.05) is 36.4 Å². The summed E-state index contributed by atoms with van der Waals surface area (Å²) < 4.78 is 12.7. The normalized spacial score (nSPS) is 12.9. The molecule has 1 N–H and O–H groups in total. The lowest BCUT2D eigenvalue weighted by Crippen LogP contribution is -2.19. The van der Waals surface area contributed by atoms with Crippen LogP contribution in [0.4, 0.5) is 5.13 Å². The van der Waals surface area contributed by atoms with Crippen molar-refractivity contribution >= 4 is 34.6 Å². The minimum atomic E-state index is -0.278. The molecule has 9 heteroatoms. The summed E-state index contributed by atoms with van der Waals surface area (Å²) in [6, 6.07) is 16.1. The van der Waals surface area contributed by atoms with E-state index in [-0.39, 0.29) is 23.9 Å².